The van der Waals surface area contributed by atoms with Crippen LogP contribution in [0.15, 0.2) is 30.3 Å². The number of aliphatic carboxylic acids is 1. The molecule has 21 heavy (non-hydrogen) atoms. The largest absolute Gasteiger partial charge is 0.479 e. The maximum atomic E-state index is 12.1. The average Bonchev–Trinajstić information content (AvgIpc) is 2.53. The Morgan fingerprint density at radius 1 is 1.29 bits per heavy atom. The third kappa shape index (κ3) is 3.33. The monoisotopic (exact) mass is 292 g/mol. The molecule has 0 radical (unpaired) electrons. The normalized spacial score (nSPS) is 17.0. The van der Waals surface area contributed by atoms with Gasteiger partial charge in [-0.2, -0.15) is 0 Å². The molecule has 1 saturated heterocycles. The van der Waals surface area contributed by atoms with Crippen molar-refractivity contribution in [1.29, 1.82) is 0 Å². The minimum atomic E-state index is -1.18. The Bertz CT molecular complexity index is 498. The van der Waals surface area contributed by atoms with Crippen molar-refractivity contribution in [1.82, 2.24) is 10.2 Å². The van der Waals surface area contributed by atoms with E-state index in [9.17, 15) is 14.7 Å². The van der Waals surface area contributed by atoms with Crippen LogP contribution in [0.4, 0.5) is 4.79 Å². The lowest BCUT2D eigenvalue weighted by molar-refractivity contribution is -0.151. The number of carboxylic acids is 1. The number of rotatable bonds is 4. The molecule has 0 bridgehead atoms. The fourth-order valence-electron chi connectivity index (χ4n) is 2.52. The highest BCUT2D eigenvalue weighted by Gasteiger charge is 2.46. The number of benzene rings is 1. The van der Waals surface area contributed by atoms with Gasteiger partial charge in [-0.1, -0.05) is 30.3 Å². The van der Waals surface area contributed by atoms with E-state index < -0.39 is 17.6 Å². The van der Waals surface area contributed by atoms with Crippen molar-refractivity contribution in [2.24, 2.45) is 0 Å². The first-order valence-corrected chi connectivity index (χ1v) is 6.95. The number of hydrogen-bond donors (Lipinski definition) is 2. The first-order chi connectivity index (χ1) is 10.1. The molecule has 1 heterocycles. The number of ether oxygens (including phenoxy) is 1. The quantitative estimate of drug-likeness (QED) is 0.878. The van der Waals surface area contributed by atoms with E-state index in [4.69, 9.17) is 4.74 Å². The molecule has 0 atom stereocenters. The van der Waals surface area contributed by atoms with E-state index in [-0.39, 0.29) is 6.61 Å². The van der Waals surface area contributed by atoms with Gasteiger partial charge in [-0.3, -0.25) is 4.90 Å². The maximum absolute atomic E-state index is 12.1. The van der Waals surface area contributed by atoms with Gasteiger partial charge >= 0.3 is 12.1 Å². The molecule has 6 heteroatoms. The van der Waals surface area contributed by atoms with E-state index in [1.807, 2.05) is 30.3 Å². The zero-order chi connectivity index (χ0) is 15.3. The van der Waals surface area contributed by atoms with E-state index in [1.54, 1.807) is 0 Å². The third-order valence-electron chi connectivity index (χ3n) is 3.95. The standard InChI is InChI=1S/C15H20N2O4/c1-17(15(13(18)19)7-9-16-10-8-15)14(20)21-11-12-5-3-2-4-6-12/h2-6,16H,7-11H2,1H3,(H,18,19). The van der Waals surface area contributed by atoms with Crippen molar-refractivity contribution >= 4 is 12.1 Å². The smallest absolute Gasteiger partial charge is 0.410 e. The molecule has 0 spiro atoms. The number of amides is 1. The second kappa shape index (κ2) is 6.58. The summed E-state index contributed by atoms with van der Waals surface area (Å²) >= 11 is 0. The predicted octanol–water partition coefficient (Wildman–Crippen LogP) is 1.46. The van der Waals surface area contributed by atoms with Gasteiger partial charge in [0.05, 0.1) is 0 Å². The number of hydrogen-bond acceptors (Lipinski definition) is 4. The second-order valence-corrected chi connectivity index (χ2v) is 5.19. The van der Waals surface area contributed by atoms with E-state index in [0.717, 1.165) is 5.56 Å². The van der Waals surface area contributed by atoms with Crippen LogP contribution in [-0.2, 0) is 16.1 Å². The Kier molecular flexibility index (Phi) is 4.80. The number of nitrogens with one attached hydrogen (secondary N) is 1. The van der Waals surface area contributed by atoms with Gasteiger partial charge in [0.25, 0.3) is 0 Å². The van der Waals surface area contributed by atoms with Crippen molar-refractivity contribution in [2.45, 2.75) is 25.0 Å². The molecular weight excluding hydrogens is 272 g/mol. The van der Waals surface area contributed by atoms with Gasteiger partial charge in [0.15, 0.2) is 0 Å². The van der Waals surface area contributed by atoms with E-state index in [1.165, 1.54) is 11.9 Å². The van der Waals surface area contributed by atoms with Crippen LogP contribution in [0.25, 0.3) is 0 Å². The van der Waals surface area contributed by atoms with Gasteiger partial charge in [-0.05, 0) is 31.5 Å². The van der Waals surface area contributed by atoms with Crippen LogP contribution < -0.4 is 5.32 Å². The lowest BCUT2D eigenvalue weighted by Gasteiger charge is -2.40. The summed E-state index contributed by atoms with van der Waals surface area (Å²) in [6.07, 6.45) is 0.140. The molecule has 1 fully saturated rings. The number of likely N-dealkylation sites (N-methyl/N-ethyl adjacent to an activating group) is 1. The molecule has 6 nitrogen and oxygen atoms in total. The van der Waals surface area contributed by atoms with Gasteiger partial charge < -0.3 is 15.2 Å². The van der Waals surface area contributed by atoms with Gasteiger partial charge in [0.1, 0.15) is 12.1 Å². The van der Waals surface area contributed by atoms with Gasteiger partial charge in [0, 0.05) is 7.05 Å². The molecule has 0 aliphatic carbocycles. The van der Waals surface area contributed by atoms with E-state index in [2.05, 4.69) is 5.32 Å². The number of carboxylic acid groups (broad SMARTS) is 1. The number of piperidine rings is 1. The molecule has 1 amide bonds. The first kappa shape index (κ1) is 15.3. The molecule has 1 aliphatic rings. The molecule has 2 N–H and O–H groups in total. The Balaban J connectivity index is 2.01. The Morgan fingerprint density at radius 2 is 1.90 bits per heavy atom. The number of nitrogens with zero attached hydrogens (tertiary/aromatic N) is 1. The van der Waals surface area contributed by atoms with Crippen LogP contribution in [-0.4, -0.2) is 47.7 Å². The summed E-state index contributed by atoms with van der Waals surface area (Å²) in [6.45, 7) is 1.28. The van der Waals surface area contributed by atoms with E-state index in [0.29, 0.717) is 25.9 Å². The fourth-order valence-corrected chi connectivity index (χ4v) is 2.52. The van der Waals surface area contributed by atoms with Crippen molar-refractivity contribution in [3.63, 3.8) is 0 Å². The van der Waals surface area contributed by atoms with Crippen LogP contribution in [0.3, 0.4) is 0 Å². The molecule has 114 valence electrons. The highest BCUT2D eigenvalue weighted by atomic mass is 16.6. The minimum absolute atomic E-state index is 0.137. The fraction of sp³-hybridized carbons (Fsp3) is 0.467. The molecule has 2 rings (SSSR count). The van der Waals surface area contributed by atoms with Gasteiger partial charge in [-0.25, -0.2) is 9.59 Å². The van der Waals surface area contributed by atoms with Crippen LogP contribution in [0, 0.1) is 0 Å². The minimum Gasteiger partial charge on any atom is -0.479 e. The molecule has 0 aromatic heterocycles. The summed E-state index contributed by atoms with van der Waals surface area (Å²) in [6, 6.07) is 9.30. The number of carbonyl (C=O) groups excluding carboxylic acids is 1. The summed E-state index contributed by atoms with van der Waals surface area (Å²) in [5, 5.41) is 12.6. The predicted molar refractivity (Wildman–Crippen MR) is 76.9 cm³/mol. The summed E-state index contributed by atoms with van der Waals surface area (Å²) in [4.78, 5) is 25.0. The Hall–Kier alpha value is -2.08. The van der Waals surface area contributed by atoms with Gasteiger partial charge in [0.2, 0.25) is 0 Å². The molecule has 1 aliphatic heterocycles. The second-order valence-electron chi connectivity index (χ2n) is 5.19. The summed E-state index contributed by atoms with van der Waals surface area (Å²) in [7, 11) is 1.49. The topological polar surface area (TPSA) is 78.9 Å². The molecular formula is C15H20N2O4. The highest BCUT2D eigenvalue weighted by molar-refractivity contribution is 5.84. The average molecular weight is 292 g/mol. The Labute approximate surface area is 123 Å². The van der Waals surface area contributed by atoms with Crippen LogP contribution in [0.5, 0.6) is 0 Å². The van der Waals surface area contributed by atoms with Crippen molar-refractivity contribution in [3.8, 4) is 0 Å². The maximum Gasteiger partial charge on any atom is 0.410 e. The lowest BCUT2D eigenvalue weighted by atomic mass is 9.87. The van der Waals surface area contributed by atoms with Crippen molar-refractivity contribution < 1.29 is 19.4 Å². The zero-order valence-corrected chi connectivity index (χ0v) is 12.0. The first-order valence-electron chi connectivity index (χ1n) is 6.95. The highest BCUT2D eigenvalue weighted by Crippen LogP contribution is 2.26. The van der Waals surface area contributed by atoms with Crippen LogP contribution in [0.1, 0.15) is 18.4 Å². The van der Waals surface area contributed by atoms with Crippen LogP contribution in [0.2, 0.25) is 0 Å². The lowest BCUT2D eigenvalue weighted by Crippen LogP contribution is -2.60. The third-order valence-corrected chi connectivity index (χ3v) is 3.95. The van der Waals surface area contributed by atoms with E-state index >= 15 is 0 Å². The zero-order valence-electron chi connectivity index (χ0n) is 12.0. The van der Waals surface area contributed by atoms with Crippen molar-refractivity contribution in [3.05, 3.63) is 35.9 Å². The number of carbonyl (C=O) groups is 2. The summed E-state index contributed by atoms with van der Waals surface area (Å²) < 4.78 is 5.22. The SMILES string of the molecule is CN(C(=O)OCc1ccccc1)C1(C(=O)O)CCNCC1. The molecule has 0 unspecified atom stereocenters. The molecule has 1 aromatic rings. The molecule has 1 aromatic carbocycles. The van der Waals surface area contributed by atoms with Gasteiger partial charge in [-0.15, -0.1) is 0 Å². The van der Waals surface area contributed by atoms with Crippen molar-refractivity contribution in [2.75, 3.05) is 20.1 Å². The molecule has 0 saturated carbocycles. The van der Waals surface area contributed by atoms with Crippen LogP contribution >= 0.6 is 0 Å². The summed E-state index contributed by atoms with van der Waals surface area (Å²) in [5.41, 5.74) is -0.312. The summed E-state index contributed by atoms with van der Waals surface area (Å²) in [5.74, 6) is -0.983. The Morgan fingerprint density at radius 3 is 2.48 bits per heavy atom.